The highest BCUT2D eigenvalue weighted by atomic mass is 35.5. The second kappa shape index (κ2) is 7.85. The van der Waals surface area contributed by atoms with E-state index in [1.165, 1.54) is 12.1 Å². The first-order valence-electron chi connectivity index (χ1n) is 8.37. The van der Waals surface area contributed by atoms with Gasteiger partial charge in [-0.3, -0.25) is 4.79 Å². The summed E-state index contributed by atoms with van der Waals surface area (Å²) in [5.74, 6) is 0.104. The third kappa shape index (κ3) is 4.03. The number of halogens is 2. The molecule has 4 rings (SSSR count). The fourth-order valence-corrected chi connectivity index (χ4v) is 3.09. The number of fused-ring (bicyclic) bond motifs is 1. The first kappa shape index (κ1) is 18.4. The van der Waals surface area contributed by atoms with E-state index in [1.807, 2.05) is 0 Å². The molecule has 2 aromatic carbocycles. The molecule has 2 N–H and O–H groups in total. The van der Waals surface area contributed by atoms with Crippen LogP contribution in [-0.4, -0.2) is 23.5 Å². The van der Waals surface area contributed by atoms with Crippen LogP contribution in [-0.2, 0) is 4.79 Å². The van der Waals surface area contributed by atoms with Gasteiger partial charge in [-0.25, -0.2) is 9.37 Å². The highest BCUT2D eigenvalue weighted by molar-refractivity contribution is 5.93. The molecule has 0 saturated carbocycles. The Morgan fingerprint density at radius 2 is 2.08 bits per heavy atom. The lowest BCUT2D eigenvalue weighted by Gasteiger charge is -2.10. The zero-order chi connectivity index (χ0) is 17.2. The Balaban J connectivity index is 0.00000196. The fourth-order valence-electron chi connectivity index (χ4n) is 3.09. The maximum absolute atomic E-state index is 13.0. The third-order valence-corrected chi connectivity index (χ3v) is 4.36. The van der Waals surface area contributed by atoms with Gasteiger partial charge >= 0.3 is 0 Å². The lowest BCUT2D eigenvalue weighted by atomic mass is 10.1. The average Bonchev–Trinajstić information content (AvgIpc) is 3.24. The van der Waals surface area contributed by atoms with Gasteiger partial charge < -0.3 is 15.1 Å². The molecule has 1 fully saturated rings. The number of anilines is 1. The van der Waals surface area contributed by atoms with Crippen molar-refractivity contribution >= 4 is 35.1 Å². The van der Waals surface area contributed by atoms with E-state index in [9.17, 15) is 9.18 Å². The van der Waals surface area contributed by atoms with Crippen LogP contribution in [0.2, 0.25) is 0 Å². The SMILES string of the molecule is Cl.O=C(CC1CCCN1)Nc1ccc2nc(-c3ccc(F)cc3)oc2c1. The standard InChI is InChI=1S/C19H18FN3O2.ClH/c20-13-5-3-12(4-6-13)19-23-16-8-7-15(10-17(16)25-19)22-18(24)11-14-2-1-9-21-14;/h3-8,10,14,21H,1-2,9,11H2,(H,22,24);1H. The Labute approximate surface area is 156 Å². The van der Waals surface area contributed by atoms with Crippen molar-refractivity contribution in [2.45, 2.75) is 25.3 Å². The lowest BCUT2D eigenvalue weighted by Crippen LogP contribution is -2.27. The maximum Gasteiger partial charge on any atom is 0.227 e. The largest absolute Gasteiger partial charge is 0.436 e. The summed E-state index contributed by atoms with van der Waals surface area (Å²) in [7, 11) is 0. The summed E-state index contributed by atoms with van der Waals surface area (Å²) in [6.07, 6.45) is 2.62. The van der Waals surface area contributed by atoms with Gasteiger partial charge in [0.1, 0.15) is 11.3 Å². The van der Waals surface area contributed by atoms with Gasteiger partial charge in [0.25, 0.3) is 0 Å². The van der Waals surface area contributed by atoms with Crippen molar-refractivity contribution in [3.05, 3.63) is 48.3 Å². The highest BCUT2D eigenvalue weighted by Gasteiger charge is 2.18. The fraction of sp³-hybridized carbons (Fsp3) is 0.263. The van der Waals surface area contributed by atoms with Gasteiger partial charge in [-0.15, -0.1) is 12.4 Å². The minimum absolute atomic E-state index is 0. The number of rotatable bonds is 4. The Morgan fingerprint density at radius 1 is 1.27 bits per heavy atom. The number of amides is 1. The van der Waals surface area contributed by atoms with Gasteiger partial charge in [-0.05, 0) is 55.8 Å². The van der Waals surface area contributed by atoms with Crippen LogP contribution in [0, 0.1) is 5.82 Å². The number of hydrogen-bond donors (Lipinski definition) is 2. The van der Waals surface area contributed by atoms with Gasteiger partial charge in [0.2, 0.25) is 11.8 Å². The Hall–Kier alpha value is -2.44. The van der Waals surface area contributed by atoms with Gasteiger partial charge in [0.15, 0.2) is 5.58 Å². The molecule has 1 amide bonds. The Morgan fingerprint density at radius 3 is 2.81 bits per heavy atom. The summed E-state index contributed by atoms with van der Waals surface area (Å²) in [5.41, 5.74) is 2.65. The summed E-state index contributed by atoms with van der Waals surface area (Å²) >= 11 is 0. The molecule has 0 spiro atoms. The first-order chi connectivity index (χ1) is 12.2. The Kier molecular flexibility index (Phi) is 5.54. The summed E-state index contributed by atoms with van der Waals surface area (Å²) in [6, 6.07) is 11.6. The monoisotopic (exact) mass is 375 g/mol. The van der Waals surface area contributed by atoms with Crippen molar-refractivity contribution in [3.63, 3.8) is 0 Å². The smallest absolute Gasteiger partial charge is 0.227 e. The summed E-state index contributed by atoms with van der Waals surface area (Å²) in [6.45, 7) is 0.980. The quantitative estimate of drug-likeness (QED) is 0.719. The predicted molar refractivity (Wildman–Crippen MR) is 101 cm³/mol. The van der Waals surface area contributed by atoms with Crippen LogP contribution in [0.25, 0.3) is 22.6 Å². The van der Waals surface area contributed by atoms with Crippen LogP contribution in [0.15, 0.2) is 46.9 Å². The van der Waals surface area contributed by atoms with Gasteiger partial charge in [-0.1, -0.05) is 0 Å². The molecule has 26 heavy (non-hydrogen) atoms. The second-order valence-corrected chi connectivity index (χ2v) is 6.25. The van der Waals surface area contributed by atoms with E-state index in [0.29, 0.717) is 34.7 Å². The number of hydrogen-bond acceptors (Lipinski definition) is 4. The molecule has 1 atom stereocenters. The molecule has 5 nitrogen and oxygen atoms in total. The molecule has 7 heteroatoms. The molecule has 1 saturated heterocycles. The number of carbonyl (C=O) groups is 1. The van der Waals surface area contributed by atoms with Gasteiger partial charge in [0, 0.05) is 29.8 Å². The predicted octanol–water partition coefficient (Wildman–Crippen LogP) is 4.14. The van der Waals surface area contributed by atoms with Crippen LogP contribution in [0.5, 0.6) is 0 Å². The van der Waals surface area contributed by atoms with E-state index in [0.717, 1.165) is 19.4 Å². The van der Waals surface area contributed by atoms with Gasteiger partial charge in [0.05, 0.1) is 0 Å². The zero-order valence-corrected chi connectivity index (χ0v) is 14.8. The van der Waals surface area contributed by atoms with Crippen molar-refractivity contribution in [1.29, 1.82) is 0 Å². The number of nitrogens with one attached hydrogen (secondary N) is 2. The molecule has 1 aliphatic heterocycles. The van der Waals surface area contributed by atoms with E-state index in [1.54, 1.807) is 30.3 Å². The van der Waals surface area contributed by atoms with Crippen molar-refractivity contribution < 1.29 is 13.6 Å². The Bertz CT molecular complexity index is 905. The average molecular weight is 376 g/mol. The molecule has 1 unspecified atom stereocenters. The molecule has 3 aromatic rings. The van der Waals surface area contributed by atoms with E-state index in [-0.39, 0.29) is 30.2 Å². The van der Waals surface area contributed by atoms with Crippen molar-refractivity contribution in [3.8, 4) is 11.5 Å². The van der Waals surface area contributed by atoms with Crippen LogP contribution in [0.4, 0.5) is 10.1 Å². The lowest BCUT2D eigenvalue weighted by molar-refractivity contribution is -0.116. The van der Waals surface area contributed by atoms with Gasteiger partial charge in [-0.2, -0.15) is 0 Å². The van der Waals surface area contributed by atoms with Crippen molar-refractivity contribution in [1.82, 2.24) is 10.3 Å². The zero-order valence-electron chi connectivity index (χ0n) is 14.0. The maximum atomic E-state index is 13.0. The molecule has 0 aliphatic carbocycles. The molecular formula is C19H19ClFN3O2. The summed E-state index contributed by atoms with van der Waals surface area (Å²) in [5, 5.41) is 6.21. The number of benzene rings is 2. The molecule has 1 aliphatic rings. The van der Waals surface area contributed by atoms with Crippen molar-refractivity contribution in [2.75, 3.05) is 11.9 Å². The third-order valence-electron chi connectivity index (χ3n) is 4.36. The van der Waals surface area contributed by atoms with Crippen LogP contribution >= 0.6 is 12.4 Å². The van der Waals surface area contributed by atoms with E-state index >= 15 is 0 Å². The highest BCUT2D eigenvalue weighted by Crippen LogP contribution is 2.26. The molecule has 2 heterocycles. The van der Waals surface area contributed by atoms with E-state index < -0.39 is 0 Å². The summed E-state index contributed by atoms with van der Waals surface area (Å²) < 4.78 is 18.8. The topological polar surface area (TPSA) is 67.2 Å². The van der Waals surface area contributed by atoms with E-state index in [2.05, 4.69) is 15.6 Å². The van der Waals surface area contributed by atoms with Crippen LogP contribution in [0.3, 0.4) is 0 Å². The molecular weight excluding hydrogens is 357 g/mol. The molecule has 0 bridgehead atoms. The molecule has 0 radical (unpaired) electrons. The summed E-state index contributed by atoms with van der Waals surface area (Å²) in [4.78, 5) is 16.5. The minimum atomic E-state index is -0.304. The van der Waals surface area contributed by atoms with Crippen LogP contribution in [0.1, 0.15) is 19.3 Å². The number of aromatic nitrogens is 1. The van der Waals surface area contributed by atoms with Crippen LogP contribution < -0.4 is 10.6 Å². The number of oxazole rings is 1. The minimum Gasteiger partial charge on any atom is -0.436 e. The number of carbonyl (C=O) groups excluding carboxylic acids is 1. The number of nitrogens with zero attached hydrogens (tertiary/aromatic N) is 1. The molecule has 1 aromatic heterocycles. The van der Waals surface area contributed by atoms with Crippen molar-refractivity contribution in [2.24, 2.45) is 0 Å². The normalized spacial score (nSPS) is 16.4. The first-order valence-corrected chi connectivity index (χ1v) is 8.37. The second-order valence-electron chi connectivity index (χ2n) is 6.25. The molecule has 136 valence electrons. The van der Waals surface area contributed by atoms with E-state index in [4.69, 9.17) is 4.42 Å².